The Hall–Kier alpha value is -3.15. The molecule has 0 N–H and O–H groups in total. The normalized spacial score (nSPS) is 22.1. The number of imide groups is 1. The molecule has 1 saturated heterocycles. The minimum Gasteiger partial charge on any atom is -0.456 e. The van der Waals surface area contributed by atoms with Crippen LogP contribution in [0.25, 0.3) is 0 Å². The summed E-state index contributed by atoms with van der Waals surface area (Å²) >= 11 is 10.5. The first-order chi connectivity index (χ1) is 20.6. The summed E-state index contributed by atoms with van der Waals surface area (Å²) in [7, 11) is 0. The molecule has 5 unspecified atom stereocenters. The van der Waals surface area contributed by atoms with Crippen LogP contribution in [0.2, 0.25) is 0 Å². The summed E-state index contributed by atoms with van der Waals surface area (Å²) < 4.78 is 11.6. The van der Waals surface area contributed by atoms with Crippen molar-refractivity contribution in [2.45, 2.75) is 35.0 Å². The zero-order chi connectivity index (χ0) is 30.7. The third-order valence-corrected chi connectivity index (χ3v) is 10.9. The van der Waals surface area contributed by atoms with Gasteiger partial charge in [0.2, 0.25) is 11.8 Å². The summed E-state index contributed by atoms with van der Waals surface area (Å²) in [6, 6.07) is 20.4. The van der Waals surface area contributed by atoms with Gasteiger partial charge in [-0.2, -0.15) is 0 Å². The second-order valence-electron chi connectivity index (χ2n) is 10.4. The maximum Gasteiger partial charge on any atom is 0.343 e. The number of fused-ring (bicyclic) bond motifs is 1. The van der Waals surface area contributed by atoms with Crippen molar-refractivity contribution in [3.05, 3.63) is 100 Å². The highest BCUT2D eigenvalue weighted by atomic mass is 79.9. The molecule has 1 aliphatic carbocycles. The molecule has 5 atom stereocenters. The Morgan fingerprint density at radius 2 is 1.35 bits per heavy atom. The van der Waals surface area contributed by atoms with E-state index in [1.165, 1.54) is 24.3 Å². The maximum absolute atomic E-state index is 13.5. The molecule has 0 aromatic heterocycles. The average Bonchev–Trinajstić information content (AvgIpc) is 3.23. The Labute approximate surface area is 273 Å². The topological polar surface area (TPSA) is 107 Å². The van der Waals surface area contributed by atoms with E-state index in [9.17, 15) is 24.0 Å². The second-order valence-corrected chi connectivity index (χ2v) is 13.7. The van der Waals surface area contributed by atoms with Gasteiger partial charge >= 0.3 is 11.9 Å². The summed E-state index contributed by atoms with van der Waals surface area (Å²) in [5.41, 5.74) is 1.35. The molecule has 1 aliphatic heterocycles. The molecule has 11 heteroatoms. The number of halogens is 3. The van der Waals surface area contributed by atoms with Gasteiger partial charge in [-0.3, -0.25) is 19.3 Å². The number of rotatable bonds is 9. The van der Waals surface area contributed by atoms with E-state index in [1.807, 2.05) is 6.07 Å². The lowest BCUT2D eigenvalue weighted by molar-refractivity contribution is -0.158. The van der Waals surface area contributed by atoms with E-state index in [2.05, 4.69) is 47.8 Å². The minimum atomic E-state index is -1.20. The van der Waals surface area contributed by atoms with Crippen molar-refractivity contribution in [1.82, 2.24) is 4.90 Å². The number of alkyl halides is 2. The van der Waals surface area contributed by atoms with E-state index in [0.29, 0.717) is 18.4 Å². The van der Waals surface area contributed by atoms with E-state index in [4.69, 9.17) is 9.47 Å². The number of hydrogen-bond donors (Lipinski definition) is 0. The number of carbonyl (C=O) groups is 5. The standard InChI is InChI=1S/C32H26Br3NO7/c33-21-10-6-20(7-11-21)31(40)43-22-12-8-19(9-13-22)28(37)17-42-32(41)27(14-18-4-2-1-3-5-18)36-29(38)23-15-25(34)26(35)16-24(23)30(36)39/h1-13,23-27H,14-17H2. The van der Waals surface area contributed by atoms with Gasteiger partial charge in [-0.15, -0.1) is 0 Å². The van der Waals surface area contributed by atoms with Gasteiger partial charge in [0.15, 0.2) is 12.4 Å². The lowest BCUT2D eigenvalue weighted by Crippen LogP contribution is -2.48. The van der Waals surface area contributed by atoms with Gasteiger partial charge in [-0.25, -0.2) is 9.59 Å². The summed E-state index contributed by atoms with van der Waals surface area (Å²) in [4.78, 5) is 66.7. The predicted molar refractivity (Wildman–Crippen MR) is 168 cm³/mol. The van der Waals surface area contributed by atoms with Gasteiger partial charge in [0.25, 0.3) is 0 Å². The van der Waals surface area contributed by atoms with Crippen LogP contribution in [-0.4, -0.2) is 56.7 Å². The summed E-state index contributed by atoms with van der Waals surface area (Å²) in [5.74, 6) is -3.45. The average molecular weight is 776 g/mol. The fourth-order valence-electron chi connectivity index (χ4n) is 5.32. The Morgan fingerprint density at radius 3 is 1.93 bits per heavy atom. The van der Waals surface area contributed by atoms with E-state index < -0.39 is 54.0 Å². The first-order valence-electron chi connectivity index (χ1n) is 13.6. The van der Waals surface area contributed by atoms with Gasteiger partial charge in [0.1, 0.15) is 11.8 Å². The van der Waals surface area contributed by atoms with Crippen molar-refractivity contribution in [1.29, 1.82) is 0 Å². The second kappa shape index (κ2) is 13.7. The van der Waals surface area contributed by atoms with Crippen LogP contribution in [0.3, 0.4) is 0 Å². The van der Waals surface area contributed by atoms with Gasteiger partial charge in [-0.05, 0) is 66.9 Å². The Kier molecular flexibility index (Phi) is 9.93. The molecular formula is C32H26Br3NO7. The lowest BCUT2D eigenvalue weighted by atomic mass is 9.81. The number of ether oxygens (including phenoxy) is 2. The van der Waals surface area contributed by atoms with Crippen LogP contribution in [0.15, 0.2) is 83.3 Å². The van der Waals surface area contributed by atoms with Gasteiger partial charge < -0.3 is 9.47 Å². The van der Waals surface area contributed by atoms with Crippen LogP contribution in [0, 0.1) is 11.8 Å². The summed E-state index contributed by atoms with van der Waals surface area (Å²) in [5, 5.41) is 0. The fraction of sp³-hybridized carbons (Fsp3) is 0.281. The van der Waals surface area contributed by atoms with Crippen molar-refractivity contribution in [3.63, 3.8) is 0 Å². The smallest absolute Gasteiger partial charge is 0.343 e. The van der Waals surface area contributed by atoms with Crippen molar-refractivity contribution < 1.29 is 33.4 Å². The molecule has 5 rings (SSSR count). The zero-order valence-corrected chi connectivity index (χ0v) is 27.4. The Balaban J connectivity index is 1.26. The number of esters is 2. The van der Waals surface area contributed by atoms with Crippen molar-refractivity contribution in [2.24, 2.45) is 11.8 Å². The third-order valence-electron chi connectivity index (χ3n) is 7.61. The Morgan fingerprint density at radius 1 is 0.791 bits per heavy atom. The molecular weight excluding hydrogens is 750 g/mol. The van der Waals surface area contributed by atoms with E-state index in [-0.39, 0.29) is 27.4 Å². The van der Waals surface area contributed by atoms with Crippen molar-refractivity contribution in [2.75, 3.05) is 6.61 Å². The summed E-state index contributed by atoms with van der Waals surface area (Å²) in [6.07, 6.45) is 1.02. The number of benzene rings is 3. The van der Waals surface area contributed by atoms with Gasteiger partial charge in [0, 0.05) is 26.1 Å². The zero-order valence-electron chi connectivity index (χ0n) is 22.7. The minimum absolute atomic E-state index is 0.0262. The van der Waals surface area contributed by atoms with Crippen LogP contribution < -0.4 is 4.74 Å². The highest BCUT2D eigenvalue weighted by Crippen LogP contribution is 2.44. The quantitative estimate of drug-likeness (QED) is 0.0873. The highest BCUT2D eigenvalue weighted by Gasteiger charge is 2.55. The number of likely N-dealkylation sites (tertiary alicyclic amines) is 1. The number of amides is 2. The SMILES string of the molecule is O=C(COC(=O)C(Cc1ccccc1)N1C(=O)C2CC(Br)C(Br)CC2C1=O)c1ccc(OC(=O)c2ccc(Br)cc2)cc1. The number of carbonyl (C=O) groups excluding carboxylic acids is 5. The third kappa shape index (κ3) is 7.16. The molecule has 0 radical (unpaired) electrons. The van der Waals surface area contributed by atoms with Crippen LogP contribution in [0.4, 0.5) is 0 Å². The number of ketones is 1. The molecule has 2 amide bonds. The van der Waals surface area contributed by atoms with Crippen LogP contribution in [-0.2, 0) is 25.5 Å². The fourth-order valence-corrected chi connectivity index (χ4v) is 6.82. The summed E-state index contributed by atoms with van der Waals surface area (Å²) in [6.45, 7) is -0.585. The van der Waals surface area contributed by atoms with Crippen LogP contribution in [0.5, 0.6) is 5.75 Å². The first kappa shape index (κ1) is 31.3. The van der Waals surface area contributed by atoms with Gasteiger partial charge in [0.05, 0.1) is 17.4 Å². The van der Waals surface area contributed by atoms with Crippen molar-refractivity contribution in [3.8, 4) is 5.75 Å². The molecule has 222 valence electrons. The highest BCUT2D eigenvalue weighted by molar-refractivity contribution is 9.12. The Bertz CT molecular complexity index is 1500. The molecule has 2 aliphatic rings. The number of Topliss-reactive ketones (excluding diaryl/α,β-unsaturated/α-hetero) is 1. The van der Waals surface area contributed by atoms with E-state index >= 15 is 0 Å². The first-order valence-corrected chi connectivity index (χ1v) is 16.2. The van der Waals surface area contributed by atoms with Crippen LogP contribution >= 0.6 is 47.8 Å². The molecule has 0 bridgehead atoms. The molecule has 1 heterocycles. The maximum atomic E-state index is 13.5. The monoisotopic (exact) mass is 773 g/mol. The van der Waals surface area contributed by atoms with Crippen molar-refractivity contribution >= 4 is 77.3 Å². The molecule has 0 spiro atoms. The van der Waals surface area contributed by atoms with Crippen LogP contribution in [0.1, 0.15) is 39.1 Å². The van der Waals surface area contributed by atoms with E-state index in [0.717, 1.165) is 14.9 Å². The predicted octanol–water partition coefficient (Wildman–Crippen LogP) is 5.93. The lowest BCUT2D eigenvalue weighted by Gasteiger charge is -2.29. The van der Waals surface area contributed by atoms with E-state index in [1.54, 1.807) is 48.5 Å². The molecule has 2 fully saturated rings. The largest absolute Gasteiger partial charge is 0.456 e. The molecule has 3 aromatic rings. The molecule has 43 heavy (non-hydrogen) atoms. The molecule has 1 saturated carbocycles. The number of hydrogen-bond acceptors (Lipinski definition) is 7. The van der Waals surface area contributed by atoms with Gasteiger partial charge in [-0.1, -0.05) is 78.1 Å². The molecule has 8 nitrogen and oxygen atoms in total. The number of nitrogens with zero attached hydrogens (tertiary/aromatic N) is 1. The molecule has 3 aromatic carbocycles.